The second-order valence-electron chi connectivity index (χ2n) is 4.28. The van der Waals surface area contributed by atoms with Crippen molar-refractivity contribution >= 4 is 31.9 Å². The summed E-state index contributed by atoms with van der Waals surface area (Å²) in [5.41, 5.74) is 1.87. The highest BCUT2D eigenvalue weighted by Crippen LogP contribution is 2.32. The minimum absolute atomic E-state index is 0.109. The van der Waals surface area contributed by atoms with Crippen molar-refractivity contribution in [2.75, 3.05) is 14.2 Å². The first-order valence-corrected chi connectivity index (χ1v) is 7.61. The van der Waals surface area contributed by atoms with Crippen LogP contribution in [-0.2, 0) is 0 Å². The van der Waals surface area contributed by atoms with Crippen LogP contribution in [0.5, 0.6) is 5.75 Å². The molecule has 0 saturated heterocycles. The van der Waals surface area contributed by atoms with Crippen LogP contribution in [0, 0.1) is 5.82 Å². The van der Waals surface area contributed by atoms with E-state index < -0.39 is 0 Å². The Morgan fingerprint density at radius 1 is 1.15 bits per heavy atom. The number of rotatable bonds is 4. The number of hydrogen-bond acceptors (Lipinski definition) is 2. The van der Waals surface area contributed by atoms with Gasteiger partial charge < -0.3 is 10.1 Å². The van der Waals surface area contributed by atoms with Gasteiger partial charge in [-0.25, -0.2) is 4.39 Å². The third-order valence-electron chi connectivity index (χ3n) is 3.07. The molecule has 2 aromatic carbocycles. The summed E-state index contributed by atoms with van der Waals surface area (Å²) in [6.45, 7) is 0. The Morgan fingerprint density at radius 3 is 2.50 bits per heavy atom. The highest BCUT2D eigenvalue weighted by atomic mass is 79.9. The molecule has 0 fully saturated rings. The smallest absolute Gasteiger partial charge is 0.165 e. The molecule has 2 nitrogen and oxygen atoms in total. The molecule has 0 heterocycles. The van der Waals surface area contributed by atoms with E-state index in [0.717, 1.165) is 20.1 Å². The van der Waals surface area contributed by atoms with Crippen LogP contribution in [-0.4, -0.2) is 14.2 Å². The molecule has 0 spiro atoms. The largest absolute Gasteiger partial charge is 0.494 e. The zero-order valence-corrected chi connectivity index (χ0v) is 14.3. The maximum atomic E-state index is 13.9. The molecule has 1 unspecified atom stereocenters. The zero-order chi connectivity index (χ0) is 14.7. The average Bonchev–Trinajstić information content (AvgIpc) is 2.44. The van der Waals surface area contributed by atoms with Gasteiger partial charge in [-0.15, -0.1) is 0 Å². The van der Waals surface area contributed by atoms with Crippen molar-refractivity contribution in [1.82, 2.24) is 5.32 Å². The van der Waals surface area contributed by atoms with Gasteiger partial charge in [0.05, 0.1) is 13.2 Å². The lowest BCUT2D eigenvalue weighted by atomic mass is 9.98. The minimum Gasteiger partial charge on any atom is -0.494 e. The van der Waals surface area contributed by atoms with Crippen molar-refractivity contribution in [2.24, 2.45) is 0 Å². The summed E-state index contributed by atoms with van der Waals surface area (Å²) in [7, 11) is 3.30. The van der Waals surface area contributed by atoms with Gasteiger partial charge >= 0.3 is 0 Å². The van der Waals surface area contributed by atoms with Crippen molar-refractivity contribution in [3.05, 3.63) is 62.3 Å². The van der Waals surface area contributed by atoms with Crippen molar-refractivity contribution in [3.63, 3.8) is 0 Å². The van der Waals surface area contributed by atoms with Crippen LogP contribution < -0.4 is 10.1 Å². The van der Waals surface area contributed by atoms with Gasteiger partial charge in [0.2, 0.25) is 0 Å². The van der Waals surface area contributed by atoms with Crippen LogP contribution in [0.15, 0.2) is 45.3 Å². The number of methoxy groups -OCH3 is 1. The maximum absolute atomic E-state index is 13.9. The number of nitrogens with one attached hydrogen (secondary N) is 1. The summed E-state index contributed by atoms with van der Waals surface area (Å²) in [5.74, 6) is -0.117. The first kappa shape index (κ1) is 15.5. The molecular weight excluding hydrogens is 389 g/mol. The lowest BCUT2D eigenvalue weighted by Gasteiger charge is -2.19. The van der Waals surface area contributed by atoms with E-state index in [1.165, 1.54) is 13.2 Å². The minimum atomic E-state index is -0.364. The molecule has 0 radical (unpaired) electrons. The molecule has 20 heavy (non-hydrogen) atoms. The van der Waals surface area contributed by atoms with Crippen LogP contribution >= 0.6 is 31.9 Å². The summed E-state index contributed by atoms with van der Waals surface area (Å²) in [6, 6.07) is 10.8. The summed E-state index contributed by atoms with van der Waals surface area (Å²) in [5, 5.41) is 3.21. The Kier molecular flexibility index (Phi) is 5.18. The molecule has 1 atom stereocenters. The van der Waals surface area contributed by atoms with Crippen LogP contribution in [0.3, 0.4) is 0 Å². The predicted molar refractivity (Wildman–Crippen MR) is 85.7 cm³/mol. The van der Waals surface area contributed by atoms with E-state index in [4.69, 9.17) is 4.74 Å². The summed E-state index contributed by atoms with van der Waals surface area (Å²) in [4.78, 5) is 0. The van der Waals surface area contributed by atoms with Gasteiger partial charge in [0.1, 0.15) is 0 Å². The Balaban J connectivity index is 2.46. The van der Waals surface area contributed by atoms with Gasteiger partial charge in [-0.1, -0.05) is 37.9 Å². The molecule has 0 bridgehead atoms. The Bertz CT molecular complexity index is 619. The highest BCUT2D eigenvalue weighted by molar-refractivity contribution is 9.11. The standard InChI is InChI=1S/C15H14Br2FNO/c1-19-15(11-8-10(16)4-5-12(11)17)9-3-6-14(20-2)13(18)7-9/h3-8,15,19H,1-2H3. The Morgan fingerprint density at radius 2 is 1.90 bits per heavy atom. The number of benzene rings is 2. The van der Waals surface area contributed by atoms with Crippen molar-refractivity contribution in [1.29, 1.82) is 0 Å². The maximum Gasteiger partial charge on any atom is 0.165 e. The SMILES string of the molecule is CNC(c1ccc(OC)c(F)c1)c1cc(Br)ccc1Br. The first-order valence-electron chi connectivity index (χ1n) is 6.02. The van der Waals surface area contributed by atoms with E-state index in [1.807, 2.05) is 31.3 Å². The quantitative estimate of drug-likeness (QED) is 0.802. The molecule has 0 aliphatic carbocycles. The fraction of sp³-hybridized carbons (Fsp3) is 0.200. The average molecular weight is 403 g/mol. The van der Waals surface area contributed by atoms with E-state index >= 15 is 0 Å². The monoisotopic (exact) mass is 401 g/mol. The third-order valence-corrected chi connectivity index (χ3v) is 4.28. The summed E-state index contributed by atoms with van der Waals surface area (Å²) < 4.78 is 20.8. The van der Waals surface area contributed by atoms with Gasteiger partial charge in [-0.05, 0) is 48.5 Å². The van der Waals surface area contributed by atoms with Gasteiger partial charge in [0.15, 0.2) is 11.6 Å². The molecule has 0 aliphatic rings. The Labute approximate surface area is 134 Å². The molecule has 0 amide bonds. The fourth-order valence-electron chi connectivity index (χ4n) is 2.10. The topological polar surface area (TPSA) is 21.3 Å². The number of halogens is 3. The summed E-state index contributed by atoms with van der Waals surface area (Å²) in [6.07, 6.45) is 0. The molecule has 2 rings (SSSR count). The van der Waals surface area contributed by atoms with Crippen LogP contribution in [0.2, 0.25) is 0 Å². The second-order valence-corrected chi connectivity index (χ2v) is 6.05. The van der Waals surface area contributed by atoms with Gasteiger partial charge in [0.25, 0.3) is 0 Å². The summed E-state index contributed by atoms with van der Waals surface area (Å²) >= 11 is 7.00. The molecule has 0 aliphatic heterocycles. The van der Waals surface area contributed by atoms with Gasteiger partial charge in [-0.3, -0.25) is 0 Å². The normalized spacial score (nSPS) is 12.2. The molecule has 2 aromatic rings. The van der Waals surface area contributed by atoms with E-state index in [2.05, 4.69) is 37.2 Å². The fourth-order valence-corrected chi connectivity index (χ4v) is 2.95. The Hall–Kier alpha value is -0.910. The van der Waals surface area contributed by atoms with Crippen LogP contribution in [0.25, 0.3) is 0 Å². The van der Waals surface area contributed by atoms with Crippen molar-refractivity contribution in [2.45, 2.75) is 6.04 Å². The van der Waals surface area contributed by atoms with Gasteiger partial charge in [-0.2, -0.15) is 0 Å². The second kappa shape index (κ2) is 6.70. The third kappa shape index (κ3) is 3.22. The van der Waals surface area contributed by atoms with E-state index in [9.17, 15) is 4.39 Å². The van der Waals surface area contributed by atoms with Crippen molar-refractivity contribution < 1.29 is 9.13 Å². The number of ether oxygens (including phenoxy) is 1. The number of hydrogen-bond donors (Lipinski definition) is 1. The van der Waals surface area contributed by atoms with Crippen molar-refractivity contribution in [3.8, 4) is 5.75 Å². The lowest BCUT2D eigenvalue weighted by Crippen LogP contribution is -2.18. The van der Waals surface area contributed by atoms with Crippen LogP contribution in [0.4, 0.5) is 4.39 Å². The zero-order valence-electron chi connectivity index (χ0n) is 11.1. The predicted octanol–water partition coefficient (Wildman–Crippen LogP) is 4.67. The molecule has 5 heteroatoms. The lowest BCUT2D eigenvalue weighted by molar-refractivity contribution is 0.386. The first-order chi connectivity index (χ1) is 9.56. The molecular formula is C15H14Br2FNO. The van der Waals surface area contributed by atoms with Crippen LogP contribution in [0.1, 0.15) is 17.2 Å². The van der Waals surface area contributed by atoms with E-state index in [1.54, 1.807) is 6.07 Å². The van der Waals surface area contributed by atoms with E-state index in [-0.39, 0.29) is 17.6 Å². The molecule has 0 saturated carbocycles. The molecule has 0 aromatic heterocycles. The molecule has 106 valence electrons. The highest BCUT2D eigenvalue weighted by Gasteiger charge is 2.17. The van der Waals surface area contributed by atoms with E-state index in [0.29, 0.717) is 0 Å². The van der Waals surface area contributed by atoms with Gasteiger partial charge in [0, 0.05) is 8.95 Å². The molecule has 1 N–H and O–H groups in total.